The molecule has 0 aliphatic heterocycles. The zero-order valence-electron chi connectivity index (χ0n) is 16.3. The van der Waals surface area contributed by atoms with Gasteiger partial charge in [-0.3, -0.25) is 13.8 Å². The number of nitrogens with zero attached hydrogens (tertiary/aromatic N) is 2. The average molecular weight is 425 g/mol. The first-order chi connectivity index (χ1) is 14.2. The molecule has 30 heavy (non-hydrogen) atoms. The SMILES string of the molecule is CC(C)C(=O)Nc1cn2c(-c3cccc(-c4ccc(P(=O)(O)O)o4)c3)cccc2n1. The predicted octanol–water partition coefficient (Wildman–Crippen LogP) is 3.66. The Hall–Kier alpha value is -3.19. The van der Waals surface area contributed by atoms with Crippen molar-refractivity contribution in [1.29, 1.82) is 0 Å². The van der Waals surface area contributed by atoms with E-state index in [9.17, 15) is 19.1 Å². The molecule has 0 spiro atoms. The van der Waals surface area contributed by atoms with Gasteiger partial charge in [-0.15, -0.1) is 0 Å². The minimum absolute atomic E-state index is 0.111. The largest absolute Gasteiger partial charge is 0.448 e. The van der Waals surface area contributed by atoms with Gasteiger partial charge in [-0.1, -0.05) is 38.1 Å². The molecule has 0 bridgehead atoms. The molecular formula is C21H20N3O5P. The third-order valence-corrected chi connectivity index (χ3v) is 5.40. The van der Waals surface area contributed by atoms with E-state index in [0.29, 0.717) is 22.8 Å². The number of carbonyl (C=O) groups is 1. The molecule has 0 fully saturated rings. The Bertz CT molecular complexity index is 1280. The highest BCUT2D eigenvalue weighted by molar-refractivity contribution is 7.59. The van der Waals surface area contributed by atoms with Gasteiger partial charge in [0, 0.05) is 11.5 Å². The molecule has 0 unspecified atom stereocenters. The molecule has 9 heteroatoms. The van der Waals surface area contributed by atoms with Crippen molar-refractivity contribution >= 4 is 30.5 Å². The number of nitrogens with one attached hydrogen (secondary N) is 1. The van der Waals surface area contributed by atoms with Crippen molar-refractivity contribution < 1.29 is 23.6 Å². The van der Waals surface area contributed by atoms with Gasteiger partial charge in [-0.25, -0.2) is 4.98 Å². The van der Waals surface area contributed by atoms with Crippen LogP contribution in [-0.2, 0) is 9.36 Å². The number of carbonyl (C=O) groups excluding carboxylic acids is 1. The molecule has 4 rings (SSSR count). The standard InChI is InChI=1S/C21H20N3O5P/c1-13(2)21(25)23-18-12-24-16(7-4-8-19(24)22-18)14-5-3-6-15(11-14)17-9-10-20(29-17)30(26,27)28/h3-13H,1-2H3,(H,23,25)(H2,26,27,28). The molecule has 0 atom stereocenters. The van der Waals surface area contributed by atoms with Crippen molar-refractivity contribution in [3.8, 4) is 22.6 Å². The molecule has 1 aromatic carbocycles. The van der Waals surface area contributed by atoms with Gasteiger partial charge in [-0.05, 0) is 35.9 Å². The summed E-state index contributed by atoms with van der Waals surface area (Å²) >= 11 is 0. The van der Waals surface area contributed by atoms with Crippen LogP contribution < -0.4 is 10.8 Å². The van der Waals surface area contributed by atoms with Gasteiger partial charge >= 0.3 is 7.60 Å². The summed E-state index contributed by atoms with van der Waals surface area (Å²) in [4.78, 5) is 35.0. The van der Waals surface area contributed by atoms with Crippen LogP contribution in [0.25, 0.3) is 28.2 Å². The number of aromatic nitrogens is 2. The van der Waals surface area contributed by atoms with Crippen LogP contribution in [0.2, 0.25) is 0 Å². The third kappa shape index (κ3) is 3.93. The fourth-order valence-electron chi connectivity index (χ4n) is 3.05. The summed E-state index contributed by atoms with van der Waals surface area (Å²) in [5.41, 5.74) is 2.68. The summed E-state index contributed by atoms with van der Waals surface area (Å²) in [7, 11) is -4.45. The Labute approximate surface area is 172 Å². The zero-order valence-corrected chi connectivity index (χ0v) is 17.2. The fraction of sp³-hybridized carbons (Fsp3) is 0.143. The number of hydrogen-bond acceptors (Lipinski definition) is 4. The summed E-state index contributed by atoms with van der Waals surface area (Å²) in [6.07, 6.45) is 1.76. The molecule has 4 aromatic rings. The number of hydrogen-bond donors (Lipinski definition) is 3. The molecule has 0 aliphatic carbocycles. The maximum atomic E-state index is 12.0. The predicted molar refractivity (Wildman–Crippen MR) is 113 cm³/mol. The number of fused-ring (bicyclic) bond motifs is 1. The van der Waals surface area contributed by atoms with E-state index in [4.69, 9.17) is 4.42 Å². The first-order valence-electron chi connectivity index (χ1n) is 9.28. The fourth-order valence-corrected chi connectivity index (χ4v) is 3.53. The lowest BCUT2D eigenvalue weighted by atomic mass is 10.1. The minimum atomic E-state index is -4.45. The highest BCUT2D eigenvalue weighted by Crippen LogP contribution is 2.36. The number of pyridine rings is 1. The monoisotopic (exact) mass is 425 g/mol. The van der Waals surface area contributed by atoms with Crippen LogP contribution in [0.15, 0.2) is 65.2 Å². The molecule has 0 saturated heterocycles. The topological polar surface area (TPSA) is 117 Å². The summed E-state index contributed by atoms with van der Waals surface area (Å²) in [5.74, 6) is 0.561. The van der Waals surface area contributed by atoms with Crippen LogP contribution in [0.4, 0.5) is 5.82 Å². The van der Waals surface area contributed by atoms with Crippen LogP contribution in [0.1, 0.15) is 13.8 Å². The molecule has 8 nitrogen and oxygen atoms in total. The second-order valence-corrected chi connectivity index (χ2v) is 8.70. The van der Waals surface area contributed by atoms with E-state index in [2.05, 4.69) is 10.3 Å². The number of anilines is 1. The first-order valence-corrected chi connectivity index (χ1v) is 10.9. The van der Waals surface area contributed by atoms with Crippen molar-refractivity contribution in [3.05, 3.63) is 60.8 Å². The van der Waals surface area contributed by atoms with Crippen LogP contribution in [0, 0.1) is 5.92 Å². The smallest absolute Gasteiger partial charge is 0.391 e. The molecule has 0 aliphatic rings. The minimum Gasteiger partial charge on any atom is -0.448 e. The third-order valence-electron chi connectivity index (χ3n) is 4.59. The van der Waals surface area contributed by atoms with Crippen molar-refractivity contribution in [2.75, 3.05) is 5.32 Å². The van der Waals surface area contributed by atoms with E-state index >= 15 is 0 Å². The molecule has 3 aromatic heterocycles. The van der Waals surface area contributed by atoms with E-state index in [0.717, 1.165) is 11.3 Å². The summed E-state index contributed by atoms with van der Waals surface area (Å²) in [6.45, 7) is 3.63. The first kappa shape index (κ1) is 20.1. The van der Waals surface area contributed by atoms with Crippen molar-refractivity contribution in [2.24, 2.45) is 5.92 Å². The van der Waals surface area contributed by atoms with Gasteiger partial charge in [0.05, 0.1) is 11.9 Å². The second kappa shape index (κ2) is 7.57. The Kier molecular flexibility index (Phi) is 5.07. The molecular weight excluding hydrogens is 405 g/mol. The lowest BCUT2D eigenvalue weighted by Crippen LogP contribution is -2.17. The number of benzene rings is 1. The van der Waals surface area contributed by atoms with E-state index in [1.165, 1.54) is 12.1 Å². The summed E-state index contributed by atoms with van der Waals surface area (Å²) < 4.78 is 18.6. The van der Waals surface area contributed by atoms with E-state index < -0.39 is 7.60 Å². The van der Waals surface area contributed by atoms with Crippen molar-refractivity contribution in [2.45, 2.75) is 13.8 Å². The normalized spacial score (nSPS) is 11.9. The van der Waals surface area contributed by atoms with Gasteiger partial charge in [0.15, 0.2) is 5.82 Å². The van der Waals surface area contributed by atoms with Crippen molar-refractivity contribution in [1.82, 2.24) is 9.38 Å². The molecule has 0 radical (unpaired) electrons. The van der Waals surface area contributed by atoms with E-state index in [-0.39, 0.29) is 17.3 Å². The van der Waals surface area contributed by atoms with Gasteiger partial charge in [0.1, 0.15) is 11.4 Å². The van der Waals surface area contributed by atoms with Gasteiger partial charge in [0.2, 0.25) is 11.4 Å². The Morgan fingerprint density at radius 2 is 1.83 bits per heavy atom. The summed E-state index contributed by atoms with van der Waals surface area (Å²) in [5, 5.41) is 2.80. The second-order valence-electron chi connectivity index (χ2n) is 7.17. The highest BCUT2D eigenvalue weighted by Gasteiger charge is 2.22. The lowest BCUT2D eigenvalue weighted by molar-refractivity contribution is -0.118. The van der Waals surface area contributed by atoms with Gasteiger partial charge < -0.3 is 19.5 Å². The van der Waals surface area contributed by atoms with Crippen molar-refractivity contribution in [3.63, 3.8) is 0 Å². The molecule has 154 valence electrons. The van der Waals surface area contributed by atoms with Crippen LogP contribution in [-0.4, -0.2) is 25.1 Å². The molecule has 3 heterocycles. The van der Waals surface area contributed by atoms with E-state index in [1.54, 1.807) is 12.3 Å². The van der Waals surface area contributed by atoms with Gasteiger partial charge in [-0.2, -0.15) is 0 Å². The van der Waals surface area contributed by atoms with Crippen LogP contribution >= 0.6 is 7.60 Å². The Balaban J connectivity index is 1.73. The Morgan fingerprint density at radius 1 is 1.10 bits per heavy atom. The zero-order chi connectivity index (χ0) is 21.5. The maximum absolute atomic E-state index is 12.0. The summed E-state index contributed by atoms with van der Waals surface area (Å²) in [6, 6.07) is 15.9. The van der Waals surface area contributed by atoms with Gasteiger partial charge in [0.25, 0.3) is 0 Å². The number of furan rings is 1. The van der Waals surface area contributed by atoms with Crippen LogP contribution in [0.3, 0.4) is 0 Å². The quantitative estimate of drug-likeness (QED) is 0.420. The maximum Gasteiger partial charge on any atom is 0.391 e. The highest BCUT2D eigenvalue weighted by atomic mass is 31.2. The average Bonchev–Trinajstić information content (AvgIpc) is 3.34. The number of rotatable bonds is 5. The lowest BCUT2D eigenvalue weighted by Gasteiger charge is -2.07. The number of imidazole rings is 1. The van der Waals surface area contributed by atoms with E-state index in [1.807, 2.05) is 54.6 Å². The Morgan fingerprint density at radius 3 is 2.53 bits per heavy atom. The molecule has 1 amide bonds. The van der Waals surface area contributed by atoms with Crippen LogP contribution in [0.5, 0.6) is 0 Å². The molecule has 0 saturated carbocycles. The number of amides is 1. The molecule has 3 N–H and O–H groups in total.